The minimum atomic E-state index is -0.804. The predicted octanol–water partition coefficient (Wildman–Crippen LogP) is 2.88. The fourth-order valence-electron chi connectivity index (χ4n) is 2.26. The number of nitrogens with zero attached hydrogens (tertiary/aromatic N) is 1. The first-order chi connectivity index (χ1) is 11.4. The number of benzene rings is 2. The summed E-state index contributed by atoms with van der Waals surface area (Å²) >= 11 is 0. The number of esters is 1. The van der Waals surface area contributed by atoms with Gasteiger partial charge in [0.1, 0.15) is 5.75 Å². The Morgan fingerprint density at radius 2 is 1.75 bits per heavy atom. The van der Waals surface area contributed by atoms with Crippen LogP contribution in [0.25, 0.3) is 16.8 Å². The number of carbonyl (C=O) groups is 2. The van der Waals surface area contributed by atoms with E-state index in [1.807, 2.05) is 36.4 Å². The maximum Gasteiger partial charge on any atom is 0.331 e. The highest BCUT2D eigenvalue weighted by atomic mass is 16.5. The molecule has 126 valence electrons. The number of amides is 1. The molecule has 5 heteroatoms. The van der Waals surface area contributed by atoms with E-state index >= 15 is 0 Å². The highest BCUT2D eigenvalue weighted by Gasteiger charge is 2.17. The third kappa shape index (κ3) is 4.35. The fraction of sp³-hybridized carbons (Fsp3) is 0.263. The van der Waals surface area contributed by atoms with Crippen molar-refractivity contribution >= 4 is 28.7 Å². The number of likely N-dealkylation sites (N-methyl/N-ethyl adjacent to an activating group) is 1. The van der Waals surface area contributed by atoms with Gasteiger partial charge < -0.3 is 14.4 Å². The lowest BCUT2D eigenvalue weighted by atomic mass is 10.1. The number of ether oxygens (including phenoxy) is 2. The molecule has 0 aliphatic rings. The topological polar surface area (TPSA) is 55.8 Å². The van der Waals surface area contributed by atoms with Gasteiger partial charge in [-0.25, -0.2) is 4.79 Å². The Bertz CT molecular complexity index is 780. The first-order valence-electron chi connectivity index (χ1n) is 7.58. The Balaban J connectivity index is 2.07. The molecule has 0 saturated carbocycles. The molecule has 0 N–H and O–H groups in total. The molecule has 0 bridgehead atoms. The smallest absolute Gasteiger partial charge is 0.331 e. The molecule has 0 saturated heterocycles. The van der Waals surface area contributed by atoms with Crippen molar-refractivity contribution in [3.8, 4) is 5.75 Å². The van der Waals surface area contributed by atoms with Crippen LogP contribution in [0.1, 0.15) is 12.5 Å². The molecule has 0 aliphatic carbocycles. The van der Waals surface area contributed by atoms with Crippen molar-refractivity contribution < 1.29 is 19.1 Å². The maximum atomic E-state index is 11.8. The zero-order chi connectivity index (χ0) is 17.7. The van der Waals surface area contributed by atoms with E-state index in [0.717, 1.165) is 22.1 Å². The van der Waals surface area contributed by atoms with E-state index in [2.05, 4.69) is 0 Å². The van der Waals surface area contributed by atoms with E-state index in [1.54, 1.807) is 34.2 Å². The van der Waals surface area contributed by atoms with Gasteiger partial charge in [0.25, 0.3) is 5.91 Å². The van der Waals surface area contributed by atoms with Crippen molar-refractivity contribution in [2.24, 2.45) is 0 Å². The van der Waals surface area contributed by atoms with Crippen molar-refractivity contribution in [2.45, 2.75) is 13.0 Å². The summed E-state index contributed by atoms with van der Waals surface area (Å²) in [6, 6.07) is 11.6. The lowest BCUT2D eigenvalue weighted by Crippen LogP contribution is -2.34. The van der Waals surface area contributed by atoms with Crippen molar-refractivity contribution in [1.29, 1.82) is 0 Å². The molecule has 2 aromatic carbocycles. The summed E-state index contributed by atoms with van der Waals surface area (Å²) in [6.45, 7) is 1.55. The Labute approximate surface area is 141 Å². The van der Waals surface area contributed by atoms with Gasteiger partial charge in [0.2, 0.25) is 0 Å². The van der Waals surface area contributed by atoms with Crippen LogP contribution < -0.4 is 4.74 Å². The summed E-state index contributed by atoms with van der Waals surface area (Å²) in [5.74, 6) is -0.00199. The molecule has 0 aromatic heterocycles. The summed E-state index contributed by atoms with van der Waals surface area (Å²) in [5, 5.41) is 2.10. The molecule has 24 heavy (non-hydrogen) atoms. The zero-order valence-electron chi connectivity index (χ0n) is 14.3. The highest BCUT2D eigenvalue weighted by Crippen LogP contribution is 2.22. The van der Waals surface area contributed by atoms with Crippen molar-refractivity contribution in [1.82, 2.24) is 4.90 Å². The molecule has 0 heterocycles. The minimum Gasteiger partial charge on any atom is -0.497 e. The first-order valence-corrected chi connectivity index (χ1v) is 7.58. The van der Waals surface area contributed by atoms with Crippen LogP contribution in [0.2, 0.25) is 0 Å². The lowest BCUT2D eigenvalue weighted by molar-refractivity contribution is -0.153. The van der Waals surface area contributed by atoms with Gasteiger partial charge in [-0.1, -0.05) is 18.2 Å². The van der Waals surface area contributed by atoms with E-state index in [9.17, 15) is 9.59 Å². The van der Waals surface area contributed by atoms with Crippen LogP contribution in [0.3, 0.4) is 0 Å². The fourth-order valence-corrected chi connectivity index (χ4v) is 2.26. The molecule has 2 aromatic rings. The van der Waals surface area contributed by atoms with E-state index in [-0.39, 0.29) is 5.91 Å². The Hall–Kier alpha value is -2.82. The summed E-state index contributed by atoms with van der Waals surface area (Å²) in [5.41, 5.74) is 0.871. The zero-order valence-corrected chi connectivity index (χ0v) is 14.3. The van der Waals surface area contributed by atoms with Crippen molar-refractivity contribution in [2.75, 3.05) is 21.2 Å². The van der Waals surface area contributed by atoms with Gasteiger partial charge in [0.05, 0.1) is 7.11 Å². The summed E-state index contributed by atoms with van der Waals surface area (Å²) in [6.07, 6.45) is 2.18. The number of fused-ring (bicyclic) bond motifs is 1. The van der Waals surface area contributed by atoms with Gasteiger partial charge in [-0.05, 0) is 47.5 Å². The molecule has 2 rings (SSSR count). The molecule has 0 fully saturated rings. The third-order valence-corrected chi connectivity index (χ3v) is 3.56. The predicted molar refractivity (Wildman–Crippen MR) is 93.8 cm³/mol. The second-order valence-corrected chi connectivity index (χ2v) is 5.62. The van der Waals surface area contributed by atoms with E-state index < -0.39 is 12.1 Å². The van der Waals surface area contributed by atoms with Crippen LogP contribution >= 0.6 is 0 Å². The molecular formula is C19H21NO4. The monoisotopic (exact) mass is 327 g/mol. The van der Waals surface area contributed by atoms with Crippen LogP contribution in [0.5, 0.6) is 5.75 Å². The van der Waals surface area contributed by atoms with Gasteiger partial charge >= 0.3 is 5.97 Å². The molecule has 1 atom stereocenters. The number of methoxy groups -OCH3 is 1. The van der Waals surface area contributed by atoms with Crippen LogP contribution in [0, 0.1) is 0 Å². The van der Waals surface area contributed by atoms with Crippen LogP contribution in [0.4, 0.5) is 0 Å². The molecule has 0 aliphatic heterocycles. The first kappa shape index (κ1) is 17.5. The average molecular weight is 327 g/mol. The van der Waals surface area contributed by atoms with Crippen LogP contribution in [0.15, 0.2) is 42.5 Å². The Kier molecular flexibility index (Phi) is 5.58. The SMILES string of the molecule is COc1ccc2cc(/C=C/C(=O)O[C@@H](C)C(=O)N(C)C)ccc2c1. The van der Waals surface area contributed by atoms with Gasteiger partial charge in [-0.2, -0.15) is 0 Å². The quantitative estimate of drug-likeness (QED) is 0.626. The summed E-state index contributed by atoms with van der Waals surface area (Å²) < 4.78 is 10.3. The third-order valence-electron chi connectivity index (χ3n) is 3.56. The van der Waals surface area contributed by atoms with Crippen LogP contribution in [-0.4, -0.2) is 44.1 Å². The standard InChI is InChI=1S/C19H21NO4/c1-13(19(22)20(2)3)24-18(21)10-6-14-5-7-16-12-17(23-4)9-8-15(16)11-14/h5-13H,1-4H3/b10-6+/t13-/m0/s1. The second kappa shape index (κ2) is 7.64. The average Bonchev–Trinajstić information content (AvgIpc) is 2.58. The van der Waals surface area contributed by atoms with Crippen LogP contribution in [-0.2, 0) is 14.3 Å². The molecule has 0 unspecified atom stereocenters. The van der Waals surface area contributed by atoms with Gasteiger partial charge in [0, 0.05) is 20.2 Å². The number of rotatable bonds is 5. The Morgan fingerprint density at radius 3 is 2.42 bits per heavy atom. The number of hydrogen-bond donors (Lipinski definition) is 0. The highest BCUT2D eigenvalue weighted by molar-refractivity contribution is 5.91. The summed E-state index contributed by atoms with van der Waals surface area (Å²) in [7, 11) is 4.87. The van der Waals surface area contributed by atoms with E-state index in [0.29, 0.717) is 0 Å². The summed E-state index contributed by atoms with van der Waals surface area (Å²) in [4.78, 5) is 24.9. The van der Waals surface area contributed by atoms with Gasteiger partial charge in [0.15, 0.2) is 6.10 Å². The maximum absolute atomic E-state index is 11.8. The Morgan fingerprint density at radius 1 is 1.08 bits per heavy atom. The number of hydrogen-bond acceptors (Lipinski definition) is 4. The van der Waals surface area contributed by atoms with E-state index in [4.69, 9.17) is 9.47 Å². The molecule has 5 nitrogen and oxygen atoms in total. The lowest BCUT2D eigenvalue weighted by Gasteiger charge is -2.16. The van der Waals surface area contributed by atoms with Crippen molar-refractivity contribution in [3.63, 3.8) is 0 Å². The molecule has 0 radical (unpaired) electrons. The molecular weight excluding hydrogens is 306 g/mol. The van der Waals surface area contributed by atoms with E-state index in [1.165, 1.54) is 11.0 Å². The van der Waals surface area contributed by atoms with Gasteiger partial charge in [-0.3, -0.25) is 4.79 Å². The molecule has 0 spiro atoms. The minimum absolute atomic E-state index is 0.253. The van der Waals surface area contributed by atoms with Gasteiger partial charge in [-0.15, -0.1) is 0 Å². The number of carbonyl (C=O) groups excluding carboxylic acids is 2. The van der Waals surface area contributed by atoms with Crippen molar-refractivity contribution in [3.05, 3.63) is 48.0 Å². The largest absolute Gasteiger partial charge is 0.497 e. The molecule has 1 amide bonds. The normalized spacial score (nSPS) is 12.2. The second-order valence-electron chi connectivity index (χ2n) is 5.62.